The van der Waals surface area contributed by atoms with Gasteiger partial charge in [-0.3, -0.25) is 4.79 Å². The average molecular weight is 338 g/mol. The Bertz CT molecular complexity index is 471. The Morgan fingerprint density at radius 1 is 1.69 bits per heavy atom. The number of aromatic nitrogens is 1. The number of aliphatic carboxylic acids is 1. The van der Waals surface area contributed by atoms with Gasteiger partial charge >= 0.3 is 5.97 Å². The summed E-state index contributed by atoms with van der Waals surface area (Å²) < 4.78 is 25.4. The molecule has 1 aromatic heterocycles. The van der Waals surface area contributed by atoms with E-state index in [0.29, 0.717) is 0 Å². The van der Waals surface area contributed by atoms with Gasteiger partial charge in [0.15, 0.2) is 5.69 Å². The van der Waals surface area contributed by atoms with Gasteiger partial charge in [-0.25, -0.2) is 13.8 Å². The fourth-order valence-corrected chi connectivity index (χ4v) is 1.67. The van der Waals surface area contributed by atoms with Gasteiger partial charge in [-0.05, 0) is 28.7 Å². The summed E-state index contributed by atoms with van der Waals surface area (Å²) >= 11 is 1.70. The van der Waals surface area contributed by atoms with Gasteiger partial charge in [0.25, 0.3) is 6.43 Å². The standard InChI is InChI=1S/C9H5F2IN2O2/c10-9(11)4-1-5(12)7(3-13)14-6(4)2-8(15)16/h1,9H,2H2,(H,15,16). The van der Waals surface area contributed by atoms with Crippen LogP contribution in [0.4, 0.5) is 8.78 Å². The van der Waals surface area contributed by atoms with E-state index in [9.17, 15) is 13.6 Å². The van der Waals surface area contributed by atoms with E-state index in [-0.39, 0.29) is 15.0 Å². The molecule has 7 heteroatoms. The molecule has 0 unspecified atom stereocenters. The fourth-order valence-electron chi connectivity index (χ4n) is 1.09. The number of rotatable bonds is 3. The molecular weight excluding hydrogens is 333 g/mol. The van der Waals surface area contributed by atoms with Crippen LogP contribution >= 0.6 is 22.6 Å². The lowest BCUT2D eigenvalue weighted by molar-refractivity contribution is -0.136. The van der Waals surface area contributed by atoms with Crippen molar-refractivity contribution in [1.82, 2.24) is 4.98 Å². The summed E-state index contributed by atoms with van der Waals surface area (Å²) in [6, 6.07) is 2.81. The molecule has 0 saturated heterocycles. The number of hydrogen-bond donors (Lipinski definition) is 1. The van der Waals surface area contributed by atoms with Crippen molar-refractivity contribution in [2.24, 2.45) is 0 Å². The molecule has 0 aliphatic rings. The number of halogens is 3. The van der Waals surface area contributed by atoms with Gasteiger partial charge in [0.05, 0.1) is 15.7 Å². The molecule has 0 fully saturated rings. The van der Waals surface area contributed by atoms with E-state index in [1.54, 1.807) is 28.7 Å². The number of alkyl halides is 2. The minimum absolute atomic E-state index is 0.0405. The van der Waals surface area contributed by atoms with Gasteiger partial charge in [0.2, 0.25) is 0 Å². The average Bonchev–Trinajstić information content (AvgIpc) is 2.19. The predicted molar refractivity (Wildman–Crippen MR) is 58.0 cm³/mol. The van der Waals surface area contributed by atoms with E-state index in [2.05, 4.69) is 4.98 Å². The maximum Gasteiger partial charge on any atom is 0.309 e. The molecule has 0 aromatic carbocycles. The van der Waals surface area contributed by atoms with Crippen molar-refractivity contribution in [3.63, 3.8) is 0 Å². The van der Waals surface area contributed by atoms with Gasteiger partial charge in [0, 0.05) is 5.56 Å². The molecule has 0 bridgehead atoms. The largest absolute Gasteiger partial charge is 0.481 e. The highest BCUT2D eigenvalue weighted by Crippen LogP contribution is 2.25. The Balaban J connectivity index is 3.32. The first-order valence-corrected chi connectivity index (χ1v) is 5.13. The quantitative estimate of drug-likeness (QED) is 0.857. The monoisotopic (exact) mass is 338 g/mol. The predicted octanol–water partition coefficient (Wildman–Crippen LogP) is 2.12. The molecule has 0 atom stereocenters. The molecule has 4 nitrogen and oxygen atoms in total. The summed E-state index contributed by atoms with van der Waals surface area (Å²) in [7, 11) is 0. The van der Waals surface area contributed by atoms with Crippen LogP contribution in [-0.4, -0.2) is 16.1 Å². The minimum Gasteiger partial charge on any atom is -0.481 e. The van der Waals surface area contributed by atoms with E-state index < -0.39 is 24.4 Å². The lowest BCUT2D eigenvalue weighted by Gasteiger charge is -2.07. The van der Waals surface area contributed by atoms with Gasteiger partial charge in [0.1, 0.15) is 6.07 Å². The van der Waals surface area contributed by atoms with Crippen LogP contribution in [0.1, 0.15) is 23.4 Å². The van der Waals surface area contributed by atoms with Crippen molar-refractivity contribution in [2.45, 2.75) is 12.8 Å². The third-order valence-corrected chi connectivity index (χ3v) is 2.57. The van der Waals surface area contributed by atoms with E-state index in [0.717, 1.165) is 6.07 Å². The summed E-state index contributed by atoms with van der Waals surface area (Å²) in [5.41, 5.74) is -0.744. The number of carbonyl (C=O) groups is 1. The van der Waals surface area contributed by atoms with Gasteiger partial charge in [-0.15, -0.1) is 0 Å². The van der Waals surface area contributed by atoms with Crippen LogP contribution < -0.4 is 0 Å². The molecular formula is C9H5F2IN2O2. The molecule has 0 amide bonds. The summed E-state index contributed by atoms with van der Waals surface area (Å²) in [6.45, 7) is 0. The van der Waals surface area contributed by atoms with Crippen molar-refractivity contribution < 1.29 is 18.7 Å². The first kappa shape index (κ1) is 12.8. The summed E-state index contributed by atoms with van der Waals surface area (Å²) in [5.74, 6) is -1.26. The third-order valence-electron chi connectivity index (χ3n) is 1.75. The van der Waals surface area contributed by atoms with Crippen LogP contribution in [-0.2, 0) is 11.2 Å². The molecule has 16 heavy (non-hydrogen) atoms. The molecule has 1 aromatic rings. The van der Waals surface area contributed by atoms with Gasteiger partial charge in [-0.1, -0.05) is 0 Å². The second-order valence-electron chi connectivity index (χ2n) is 2.84. The zero-order valence-corrected chi connectivity index (χ0v) is 9.90. The number of hydrogen-bond acceptors (Lipinski definition) is 3. The third kappa shape index (κ3) is 2.85. The van der Waals surface area contributed by atoms with Gasteiger partial charge in [-0.2, -0.15) is 5.26 Å². The second-order valence-corrected chi connectivity index (χ2v) is 4.00. The summed E-state index contributed by atoms with van der Waals surface area (Å²) in [5, 5.41) is 17.2. The molecule has 0 spiro atoms. The van der Waals surface area contributed by atoms with E-state index >= 15 is 0 Å². The normalized spacial score (nSPS) is 10.2. The Labute approximate surface area is 103 Å². The van der Waals surface area contributed by atoms with Crippen molar-refractivity contribution in [2.75, 3.05) is 0 Å². The molecule has 1 heterocycles. The smallest absolute Gasteiger partial charge is 0.309 e. The maximum absolute atomic E-state index is 12.6. The molecule has 0 radical (unpaired) electrons. The summed E-state index contributed by atoms with van der Waals surface area (Å²) in [6.07, 6.45) is -3.42. The van der Waals surface area contributed by atoms with Crippen LogP contribution in [0, 0.1) is 14.9 Å². The molecule has 1 rings (SSSR count). The Morgan fingerprint density at radius 3 is 2.75 bits per heavy atom. The van der Waals surface area contributed by atoms with Crippen LogP contribution in [0.3, 0.4) is 0 Å². The Hall–Kier alpha value is -1.30. The lowest BCUT2D eigenvalue weighted by atomic mass is 10.1. The second kappa shape index (κ2) is 5.16. The van der Waals surface area contributed by atoms with Crippen molar-refractivity contribution >= 4 is 28.6 Å². The molecule has 84 valence electrons. The van der Waals surface area contributed by atoms with Crippen LogP contribution in [0.25, 0.3) is 0 Å². The van der Waals surface area contributed by atoms with Crippen molar-refractivity contribution in [1.29, 1.82) is 5.26 Å². The molecule has 0 aliphatic carbocycles. The fraction of sp³-hybridized carbons (Fsp3) is 0.222. The zero-order chi connectivity index (χ0) is 12.3. The van der Waals surface area contributed by atoms with E-state index in [1.807, 2.05) is 0 Å². The maximum atomic E-state index is 12.6. The number of carboxylic acids is 1. The number of nitriles is 1. The highest BCUT2D eigenvalue weighted by molar-refractivity contribution is 14.1. The van der Waals surface area contributed by atoms with Crippen LogP contribution in [0.5, 0.6) is 0 Å². The highest BCUT2D eigenvalue weighted by Gasteiger charge is 2.19. The van der Waals surface area contributed by atoms with Crippen LogP contribution in [0.2, 0.25) is 0 Å². The molecule has 0 aliphatic heterocycles. The number of pyridine rings is 1. The first-order valence-electron chi connectivity index (χ1n) is 4.05. The number of carboxylic acid groups (broad SMARTS) is 1. The first-order chi connectivity index (χ1) is 7.45. The SMILES string of the molecule is N#Cc1nc(CC(=O)O)c(C(F)F)cc1I. The lowest BCUT2D eigenvalue weighted by Crippen LogP contribution is -2.08. The van der Waals surface area contributed by atoms with Crippen LogP contribution in [0.15, 0.2) is 6.07 Å². The Kier molecular flexibility index (Phi) is 4.12. The topological polar surface area (TPSA) is 74.0 Å². The zero-order valence-electron chi connectivity index (χ0n) is 7.75. The van der Waals surface area contributed by atoms with E-state index in [4.69, 9.17) is 10.4 Å². The molecule has 0 saturated carbocycles. The van der Waals surface area contributed by atoms with Gasteiger partial charge < -0.3 is 5.11 Å². The highest BCUT2D eigenvalue weighted by atomic mass is 127. The van der Waals surface area contributed by atoms with E-state index in [1.165, 1.54) is 0 Å². The minimum atomic E-state index is -2.80. The molecule has 1 N–H and O–H groups in total. The summed E-state index contributed by atoms with van der Waals surface area (Å²) in [4.78, 5) is 14.1. The van der Waals surface area contributed by atoms with Crippen molar-refractivity contribution in [3.8, 4) is 6.07 Å². The van der Waals surface area contributed by atoms with Crippen molar-refractivity contribution in [3.05, 3.63) is 26.6 Å². The Morgan fingerprint density at radius 2 is 2.31 bits per heavy atom. The number of nitrogens with zero attached hydrogens (tertiary/aromatic N) is 2.